The predicted octanol–water partition coefficient (Wildman–Crippen LogP) is 2.45. The number of likely N-dealkylation sites (N-methyl/N-ethyl adjacent to an activating group) is 1. The third-order valence-corrected chi connectivity index (χ3v) is 3.80. The maximum atomic E-state index is 10.3. The van der Waals surface area contributed by atoms with E-state index in [2.05, 4.69) is 6.07 Å². The van der Waals surface area contributed by atoms with Crippen molar-refractivity contribution in [1.29, 1.82) is 5.26 Å². The van der Waals surface area contributed by atoms with Crippen LogP contribution in [0.3, 0.4) is 0 Å². The van der Waals surface area contributed by atoms with Crippen LogP contribution in [0.5, 0.6) is 11.5 Å². The topological polar surface area (TPSA) is 65.7 Å². The Morgan fingerprint density at radius 3 is 2.65 bits per heavy atom. The lowest BCUT2D eigenvalue weighted by Gasteiger charge is -2.21. The van der Waals surface area contributed by atoms with Gasteiger partial charge in [0.25, 0.3) is 0 Å². The molecule has 0 aromatic heterocycles. The van der Waals surface area contributed by atoms with Gasteiger partial charge < -0.3 is 14.6 Å². The fraction of sp³-hybridized carbons (Fsp3) is 0.278. The molecule has 0 bridgehead atoms. The van der Waals surface area contributed by atoms with E-state index in [1.54, 1.807) is 24.3 Å². The van der Waals surface area contributed by atoms with E-state index in [0.717, 1.165) is 22.6 Å². The van der Waals surface area contributed by atoms with E-state index in [0.29, 0.717) is 18.7 Å². The summed E-state index contributed by atoms with van der Waals surface area (Å²) >= 11 is 0. The molecule has 3 rings (SSSR count). The predicted molar refractivity (Wildman–Crippen MR) is 85.0 cm³/mol. The highest BCUT2D eigenvalue weighted by Crippen LogP contribution is 2.32. The van der Waals surface area contributed by atoms with Crippen LogP contribution in [0.15, 0.2) is 42.5 Å². The van der Waals surface area contributed by atoms with Gasteiger partial charge in [0.2, 0.25) is 6.79 Å². The third kappa shape index (κ3) is 3.62. The van der Waals surface area contributed by atoms with E-state index < -0.39 is 6.10 Å². The molecule has 0 spiro atoms. The highest BCUT2D eigenvalue weighted by molar-refractivity contribution is 5.44. The number of aliphatic hydroxyl groups is 1. The number of aliphatic hydroxyl groups excluding tert-OH is 1. The molecule has 23 heavy (non-hydrogen) atoms. The molecule has 1 heterocycles. The van der Waals surface area contributed by atoms with Crippen LogP contribution in [0.2, 0.25) is 0 Å². The number of hydrogen-bond acceptors (Lipinski definition) is 5. The maximum Gasteiger partial charge on any atom is 0.231 e. The first kappa shape index (κ1) is 15.3. The number of nitrogens with zero attached hydrogens (tertiary/aromatic N) is 2. The lowest BCUT2D eigenvalue weighted by Crippen LogP contribution is -2.24. The van der Waals surface area contributed by atoms with E-state index in [4.69, 9.17) is 14.7 Å². The van der Waals surface area contributed by atoms with Gasteiger partial charge in [0.1, 0.15) is 0 Å². The zero-order chi connectivity index (χ0) is 16.2. The van der Waals surface area contributed by atoms with Gasteiger partial charge in [-0.2, -0.15) is 5.26 Å². The lowest BCUT2D eigenvalue weighted by atomic mass is 10.1. The highest BCUT2D eigenvalue weighted by Gasteiger charge is 2.15. The maximum absolute atomic E-state index is 10.3. The summed E-state index contributed by atoms with van der Waals surface area (Å²) in [5.41, 5.74) is 2.50. The summed E-state index contributed by atoms with van der Waals surface area (Å²) < 4.78 is 10.7. The van der Waals surface area contributed by atoms with Gasteiger partial charge in [-0.1, -0.05) is 18.2 Å². The summed E-state index contributed by atoms with van der Waals surface area (Å²) in [7, 11) is 1.96. The zero-order valence-electron chi connectivity index (χ0n) is 12.9. The van der Waals surface area contributed by atoms with Crippen LogP contribution < -0.4 is 9.47 Å². The van der Waals surface area contributed by atoms with Crippen LogP contribution in [0.1, 0.15) is 22.8 Å². The molecule has 5 nitrogen and oxygen atoms in total. The molecule has 0 aliphatic carbocycles. The van der Waals surface area contributed by atoms with Crippen LogP contribution >= 0.6 is 0 Å². The fourth-order valence-electron chi connectivity index (χ4n) is 2.60. The molecule has 1 aliphatic rings. The second-order valence-corrected chi connectivity index (χ2v) is 5.63. The van der Waals surface area contributed by atoms with E-state index in [9.17, 15) is 5.11 Å². The second-order valence-electron chi connectivity index (χ2n) is 5.63. The van der Waals surface area contributed by atoms with Crippen molar-refractivity contribution in [2.24, 2.45) is 0 Å². The molecular weight excluding hydrogens is 292 g/mol. The number of fused-ring (bicyclic) bond motifs is 1. The van der Waals surface area contributed by atoms with Crippen LogP contribution in [-0.2, 0) is 6.54 Å². The van der Waals surface area contributed by atoms with Crippen molar-refractivity contribution in [2.75, 3.05) is 20.4 Å². The largest absolute Gasteiger partial charge is 0.454 e. The van der Waals surface area contributed by atoms with Gasteiger partial charge in [0, 0.05) is 13.1 Å². The zero-order valence-corrected chi connectivity index (χ0v) is 12.9. The summed E-state index contributed by atoms with van der Waals surface area (Å²) in [6.45, 7) is 1.47. The van der Waals surface area contributed by atoms with Crippen LogP contribution in [-0.4, -0.2) is 30.4 Å². The van der Waals surface area contributed by atoms with Crippen molar-refractivity contribution >= 4 is 0 Å². The van der Waals surface area contributed by atoms with Gasteiger partial charge in [-0.25, -0.2) is 0 Å². The first-order valence-corrected chi connectivity index (χ1v) is 7.41. The Kier molecular flexibility index (Phi) is 4.47. The molecule has 0 radical (unpaired) electrons. The number of benzene rings is 2. The SMILES string of the molecule is CN(Cc1ccc2c(c1)OCO2)CC(O)c1ccc(C#N)cc1. The summed E-state index contributed by atoms with van der Waals surface area (Å²) in [6.07, 6.45) is -0.596. The van der Waals surface area contributed by atoms with E-state index in [1.807, 2.05) is 30.1 Å². The molecule has 0 saturated carbocycles. The Morgan fingerprint density at radius 1 is 1.17 bits per heavy atom. The molecule has 2 aromatic rings. The third-order valence-electron chi connectivity index (χ3n) is 3.80. The Bertz CT molecular complexity index is 722. The first-order valence-electron chi connectivity index (χ1n) is 7.41. The highest BCUT2D eigenvalue weighted by atomic mass is 16.7. The number of ether oxygens (including phenoxy) is 2. The minimum atomic E-state index is -0.596. The quantitative estimate of drug-likeness (QED) is 0.919. The van der Waals surface area contributed by atoms with Crippen molar-refractivity contribution in [3.63, 3.8) is 0 Å². The Hall–Kier alpha value is -2.55. The number of rotatable bonds is 5. The molecule has 0 saturated heterocycles. The van der Waals surface area contributed by atoms with Gasteiger partial charge in [0.05, 0.1) is 17.7 Å². The van der Waals surface area contributed by atoms with Crippen LogP contribution in [0.25, 0.3) is 0 Å². The molecule has 118 valence electrons. The van der Waals surface area contributed by atoms with Gasteiger partial charge in [-0.05, 0) is 42.4 Å². The smallest absolute Gasteiger partial charge is 0.231 e. The fourth-order valence-corrected chi connectivity index (χ4v) is 2.60. The summed E-state index contributed by atoms with van der Waals surface area (Å²) in [5.74, 6) is 1.54. The molecule has 5 heteroatoms. The van der Waals surface area contributed by atoms with Gasteiger partial charge in [-0.3, -0.25) is 4.90 Å². The Balaban J connectivity index is 1.60. The van der Waals surface area contributed by atoms with E-state index in [-0.39, 0.29) is 6.79 Å². The standard InChI is InChI=1S/C18H18N2O3/c1-20(10-14-4-7-17-18(8-14)23-12-22-17)11-16(21)15-5-2-13(9-19)3-6-15/h2-8,16,21H,10-12H2,1H3. The van der Waals surface area contributed by atoms with Crippen molar-refractivity contribution in [2.45, 2.75) is 12.6 Å². The molecule has 0 amide bonds. The van der Waals surface area contributed by atoms with Crippen molar-refractivity contribution < 1.29 is 14.6 Å². The molecule has 1 N–H and O–H groups in total. The Morgan fingerprint density at radius 2 is 1.91 bits per heavy atom. The Labute approximate surface area is 135 Å². The van der Waals surface area contributed by atoms with E-state index in [1.165, 1.54) is 0 Å². The molecule has 1 atom stereocenters. The minimum Gasteiger partial charge on any atom is -0.454 e. The van der Waals surface area contributed by atoms with Crippen LogP contribution in [0.4, 0.5) is 0 Å². The monoisotopic (exact) mass is 310 g/mol. The average Bonchev–Trinajstić information content (AvgIpc) is 3.02. The van der Waals surface area contributed by atoms with Crippen molar-refractivity contribution in [1.82, 2.24) is 4.90 Å². The van der Waals surface area contributed by atoms with Gasteiger partial charge >= 0.3 is 0 Å². The number of hydrogen-bond donors (Lipinski definition) is 1. The molecular formula is C18H18N2O3. The minimum absolute atomic E-state index is 0.270. The molecule has 0 fully saturated rings. The molecule has 1 unspecified atom stereocenters. The normalized spacial score (nSPS) is 13.8. The molecule has 1 aliphatic heterocycles. The first-order chi connectivity index (χ1) is 11.2. The van der Waals surface area contributed by atoms with Crippen LogP contribution in [0, 0.1) is 11.3 Å². The second kappa shape index (κ2) is 6.69. The summed E-state index contributed by atoms with van der Waals surface area (Å²) in [4.78, 5) is 2.04. The summed E-state index contributed by atoms with van der Waals surface area (Å²) in [6, 6.07) is 15.0. The van der Waals surface area contributed by atoms with Crippen molar-refractivity contribution in [3.05, 3.63) is 59.2 Å². The average molecular weight is 310 g/mol. The van der Waals surface area contributed by atoms with Crippen molar-refractivity contribution in [3.8, 4) is 17.6 Å². The molecule has 2 aromatic carbocycles. The number of nitriles is 1. The lowest BCUT2D eigenvalue weighted by molar-refractivity contribution is 0.124. The van der Waals surface area contributed by atoms with Gasteiger partial charge in [-0.15, -0.1) is 0 Å². The van der Waals surface area contributed by atoms with Gasteiger partial charge in [0.15, 0.2) is 11.5 Å². The van der Waals surface area contributed by atoms with E-state index >= 15 is 0 Å². The summed E-state index contributed by atoms with van der Waals surface area (Å²) in [5, 5.41) is 19.1.